The molecule has 0 saturated heterocycles. The van der Waals surface area contributed by atoms with E-state index in [1.807, 2.05) is 22.7 Å². The maximum Gasteiger partial charge on any atom is 0.0541 e. The van der Waals surface area contributed by atoms with Gasteiger partial charge in [-0.25, -0.2) is 0 Å². The maximum absolute atomic E-state index is 2.46. The highest BCUT2D eigenvalue weighted by molar-refractivity contribution is 7.26. The van der Waals surface area contributed by atoms with Crippen molar-refractivity contribution in [2.24, 2.45) is 0 Å². The molecule has 4 aromatic heterocycles. The molecule has 0 unspecified atom stereocenters. The lowest BCUT2D eigenvalue weighted by Crippen LogP contribution is -1.95. The van der Waals surface area contributed by atoms with E-state index in [1.54, 1.807) is 0 Å². The third-order valence-electron chi connectivity index (χ3n) is 27.9. The van der Waals surface area contributed by atoms with Crippen LogP contribution < -0.4 is 0 Å². The van der Waals surface area contributed by atoms with Gasteiger partial charge < -0.3 is 9.13 Å². The largest absolute Gasteiger partial charge is 0.309 e. The monoisotopic (exact) mass is 1710 g/mol. The van der Waals surface area contributed by atoms with E-state index in [4.69, 9.17) is 0 Å². The molecule has 132 heavy (non-hydrogen) atoms. The predicted molar refractivity (Wildman–Crippen MR) is 571 cm³/mol. The van der Waals surface area contributed by atoms with Crippen molar-refractivity contribution in [1.29, 1.82) is 0 Å². The topological polar surface area (TPSA) is 9.86 Å². The molecule has 0 radical (unpaired) electrons. The summed E-state index contributed by atoms with van der Waals surface area (Å²) in [6, 6.07) is 176. The average molecular weight is 1710 g/mol. The first-order chi connectivity index (χ1) is 65.5. The first-order valence-electron chi connectivity index (χ1n) is 45.5. The summed E-state index contributed by atoms with van der Waals surface area (Å²) in [5, 5.41) is 30.5. The Labute approximate surface area is 769 Å². The molecule has 0 bridgehead atoms. The second-order valence-electron chi connectivity index (χ2n) is 35.1. The second-order valence-corrected chi connectivity index (χ2v) is 37.2. The molecule has 0 fully saturated rings. The first-order valence-corrected chi connectivity index (χ1v) is 47.1. The summed E-state index contributed by atoms with van der Waals surface area (Å²) in [5.74, 6) is 0. The van der Waals surface area contributed by atoms with Crippen LogP contribution in [-0.2, 0) is 0 Å². The van der Waals surface area contributed by atoms with Gasteiger partial charge in [0.05, 0.1) is 22.1 Å². The van der Waals surface area contributed by atoms with Crippen molar-refractivity contribution in [3.05, 3.63) is 473 Å². The molecule has 0 aliphatic rings. The molecule has 0 spiro atoms. The van der Waals surface area contributed by atoms with Gasteiger partial charge >= 0.3 is 0 Å². The Bertz CT molecular complexity index is 9530. The van der Waals surface area contributed by atoms with Crippen molar-refractivity contribution >= 4 is 193 Å². The van der Waals surface area contributed by atoms with Gasteiger partial charge in [-0.3, -0.25) is 0 Å². The lowest BCUT2D eigenvalue weighted by molar-refractivity contribution is 1.18. The van der Waals surface area contributed by atoms with E-state index in [0.29, 0.717) is 0 Å². The fraction of sp³-hybridized carbons (Fsp3) is 0. The van der Waals surface area contributed by atoms with Crippen LogP contribution >= 0.6 is 22.7 Å². The maximum atomic E-state index is 2.46. The molecule has 612 valence electrons. The second kappa shape index (κ2) is 30.6. The van der Waals surface area contributed by atoms with Crippen LogP contribution in [0.3, 0.4) is 0 Å². The van der Waals surface area contributed by atoms with Crippen molar-refractivity contribution in [3.8, 4) is 100 Å². The number of hydrogen-bond donors (Lipinski definition) is 0. The number of benzene rings is 24. The van der Waals surface area contributed by atoms with Crippen LogP contribution in [0, 0.1) is 0 Å². The molecule has 0 N–H and O–H groups in total. The first kappa shape index (κ1) is 75.5. The van der Waals surface area contributed by atoms with E-state index >= 15 is 0 Å². The van der Waals surface area contributed by atoms with Crippen LogP contribution in [0.1, 0.15) is 0 Å². The van der Waals surface area contributed by atoms with Gasteiger partial charge in [-0.05, 0) is 272 Å². The third kappa shape index (κ3) is 12.1. The Balaban J connectivity index is 0.000000135. The van der Waals surface area contributed by atoms with Gasteiger partial charge in [0, 0.05) is 73.3 Å². The van der Waals surface area contributed by atoms with Crippen LogP contribution in [0.2, 0.25) is 0 Å². The number of thiophene rings is 2. The minimum atomic E-state index is 1.14. The quantitative estimate of drug-likeness (QED) is 0.0954. The summed E-state index contributed by atoms with van der Waals surface area (Å²) < 4.78 is 10.2. The molecule has 28 rings (SSSR count). The van der Waals surface area contributed by atoms with Crippen molar-refractivity contribution in [2.75, 3.05) is 0 Å². The summed E-state index contributed by atoms with van der Waals surface area (Å²) in [4.78, 5) is 0. The van der Waals surface area contributed by atoms with E-state index in [-0.39, 0.29) is 0 Å². The van der Waals surface area contributed by atoms with E-state index in [1.165, 1.54) is 259 Å². The molecule has 0 amide bonds. The minimum absolute atomic E-state index is 1.14. The third-order valence-corrected chi connectivity index (χ3v) is 30.4. The number of fused-ring (bicyclic) bond motifs is 22. The van der Waals surface area contributed by atoms with Crippen LogP contribution in [0.4, 0.5) is 0 Å². The van der Waals surface area contributed by atoms with E-state index < -0.39 is 0 Å². The summed E-state index contributed by atoms with van der Waals surface area (Å²) >= 11 is 3.78. The molecule has 24 aromatic carbocycles. The fourth-order valence-corrected chi connectivity index (χ4v) is 24.4. The van der Waals surface area contributed by atoms with Crippen LogP contribution in [0.5, 0.6) is 0 Å². The lowest BCUT2D eigenvalue weighted by atomic mass is 9.86. The predicted octanol–water partition coefficient (Wildman–Crippen LogP) is 36.9. The van der Waals surface area contributed by atoms with Crippen LogP contribution in [0.25, 0.3) is 271 Å². The molecule has 0 aliphatic heterocycles. The van der Waals surface area contributed by atoms with E-state index in [9.17, 15) is 0 Å². The summed E-state index contributed by atoms with van der Waals surface area (Å²) in [5.41, 5.74) is 26.9. The number of nitrogens with zero attached hydrogens (tertiary/aromatic N) is 2. The standard InChI is InChI=1S/2C64H39NS/c1-2-14-41(15-3-1)62-52-18-6-8-20-54(52)63(55-21-9-7-19-53(55)62)42-27-32-47(33-28-42)65-59-35-30-44(43-29-34-49-45(37-43)26-25-40-13-4-5-16-48(40)49)38-57(59)58-39-46(31-36-60(58)65)50-22-12-23-56-51-17-10-11-24-61(51)66-64(50)56;1-2-14-42(15-3-1)62-51-18-6-8-20-53(51)63(54-21-9-7-19-52(54)62)43-29-33-47(34-30-43)65-59-35-31-45(44-28-27-41-26-25-40-13-4-5-16-48(40)56(41)37-44)38-57(59)58-39-46(32-36-60(58)65)49-22-12-23-55-50-17-10-11-24-61(50)66-64(49)55/h2*1-39H. The number of hydrogen-bond acceptors (Lipinski definition) is 2. The van der Waals surface area contributed by atoms with Crippen LogP contribution in [-0.4, -0.2) is 9.13 Å². The molecule has 0 saturated carbocycles. The van der Waals surface area contributed by atoms with E-state index in [0.717, 1.165) is 11.4 Å². The van der Waals surface area contributed by atoms with Crippen molar-refractivity contribution < 1.29 is 0 Å². The van der Waals surface area contributed by atoms with Gasteiger partial charge in [-0.2, -0.15) is 0 Å². The highest BCUT2D eigenvalue weighted by Gasteiger charge is 2.25. The van der Waals surface area contributed by atoms with Gasteiger partial charge in [-0.15, -0.1) is 22.7 Å². The fourth-order valence-electron chi connectivity index (χ4n) is 21.9. The summed E-state index contributed by atoms with van der Waals surface area (Å²) in [7, 11) is 0. The van der Waals surface area contributed by atoms with E-state index in [2.05, 4.69) is 482 Å². The van der Waals surface area contributed by atoms with Crippen molar-refractivity contribution in [3.63, 3.8) is 0 Å². The van der Waals surface area contributed by atoms with Crippen molar-refractivity contribution in [1.82, 2.24) is 9.13 Å². The lowest BCUT2D eigenvalue weighted by Gasteiger charge is -2.18. The van der Waals surface area contributed by atoms with Gasteiger partial charge in [0.15, 0.2) is 0 Å². The molecule has 28 aromatic rings. The summed E-state index contributed by atoms with van der Waals surface area (Å²) in [6.07, 6.45) is 0. The zero-order valence-corrected chi connectivity index (χ0v) is 73.4. The van der Waals surface area contributed by atoms with Gasteiger partial charge in [0.1, 0.15) is 0 Å². The number of aromatic nitrogens is 2. The molecule has 0 aliphatic carbocycles. The Morgan fingerprint density at radius 2 is 0.394 bits per heavy atom. The Kier molecular flexibility index (Phi) is 17.5. The molecule has 0 atom stereocenters. The Hall–Kier alpha value is -16.6. The van der Waals surface area contributed by atoms with Crippen LogP contribution in [0.15, 0.2) is 473 Å². The highest BCUT2D eigenvalue weighted by atomic mass is 32.1. The Morgan fingerprint density at radius 3 is 0.795 bits per heavy atom. The van der Waals surface area contributed by atoms with Crippen molar-refractivity contribution in [2.45, 2.75) is 0 Å². The number of rotatable bonds is 10. The molecular weight excluding hydrogens is 1630 g/mol. The zero-order chi connectivity index (χ0) is 86.6. The van der Waals surface area contributed by atoms with Gasteiger partial charge in [0.2, 0.25) is 0 Å². The Morgan fingerprint density at radius 1 is 0.136 bits per heavy atom. The molecular formula is C128H78N2S2. The zero-order valence-electron chi connectivity index (χ0n) is 71.7. The highest BCUT2D eigenvalue weighted by Crippen LogP contribution is 2.51. The average Bonchev–Trinajstić information content (AvgIpc) is 0.893. The van der Waals surface area contributed by atoms with Gasteiger partial charge in [-0.1, -0.05) is 376 Å². The summed E-state index contributed by atoms with van der Waals surface area (Å²) in [6.45, 7) is 0. The SMILES string of the molecule is c1ccc(-c2c3ccccc3c(-c3ccc(-n4c5ccc(-c6ccc7c(ccc8ccccc87)c6)cc5c5cc(-c6cccc7c6sc6ccccc67)ccc54)cc3)c3ccccc23)cc1.c1ccc(-c2c3ccccc3c(-c3ccc(-n4c5ccc(-c6ccc7ccc8ccccc8c7c6)cc5c5cc(-c6cccc7c6sc6ccccc67)ccc54)cc3)c3ccccc23)cc1. The normalized spacial score (nSPS) is 11.9. The molecule has 2 nitrogen and oxygen atoms in total. The molecule has 4 heteroatoms. The molecule has 4 heterocycles. The minimum Gasteiger partial charge on any atom is -0.309 e. The smallest absolute Gasteiger partial charge is 0.0541 e. The van der Waals surface area contributed by atoms with Gasteiger partial charge in [0.25, 0.3) is 0 Å².